The maximum absolute atomic E-state index is 12.7. The summed E-state index contributed by atoms with van der Waals surface area (Å²) >= 11 is 0. The molecule has 0 spiro atoms. The number of rotatable bonds is 4. The quantitative estimate of drug-likeness (QED) is 0.852. The molecule has 0 aromatic heterocycles. The van der Waals surface area contributed by atoms with Gasteiger partial charge >= 0.3 is 6.18 Å². The summed E-state index contributed by atoms with van der Waals surface area (Å²) in [4.78, 5) is 1.19. The molecular weight excluding hydrogens is 281 g/mol. The van der Waals surface area contributed by atoms with Gasteiger partial charge in [0.2, 0.25) is 10.0 Å². The van der Waals surface area contributed by atoms with Gasteiger partial charge in [0.15, 0.2) is 0 Å². The number of hydrogen-bond acceptors (Lipinski definition) is 3. The van der Waals surface area contributed by atoms with Crippen molar-refractivity contribution in [1.82, 2.24) is 9.62 Å². The zero-order valence-electron chi connectivity index (χ0n) is 10.8. The van der Waals surface area contributed by atoms with Crippen molar-refractivity contribution in [2.75, 3.05) is 19.3 Å². The molecule has 2 atom stereocenters. The average molecular weight is 300 g/mol. The number of sulfonamides is 1. The van der Waals surface area contributed by atoms with E-state index >= 15 is 0 Å². The third-order valence-electron chi connectivity index (χ3n) is 3.71. The lowest BCUT2D eigenvalue weighted by atomic mass is 9.99. The second-order valence-corrected chi connectivity index (χ2v) is 7.41. The zero-order valence-corrected chi connectivity index (χ0v) is 11.6. The molecule has 1 N–H and O–H groups in total. The van der Waals surface area contributed by atoms with Crippen LogP contribution < -0.4 is 4.72 Å². The van der Waals surface area contributed by atoms with Crippen LogP contribution in [0.15, 0.2) is 0 Å². The molecule has 4 nitrogen and oxygen atoms in total. The first-order chi connectivity index (χ1) is 8.67. The summed E-state index contributed by atoms with van der Waals surface area (Å²) in [6.07, 6.45) is -2.20. The molecule has 0 amide bonds. The first-order valence-corrected chi connectivity index (χ1v) is 8.09. The summed E-state index contributed by atoms with van der Waals surface area (Å²) in [7, 11) is -1.96. The Labute approximate surface area is 111 Å². The van der Waals surface area contributed by atoms with Gasteiger partial charge in [-0.25, -0.2) is 13.1 Å². The molecular formula is C11H19F3N2O2S. The molecule has 112 valence electrons. The van der Waals surface area contributed by atoms with E-state index in [-0.39, 0.29) is 31.1 Å². The first-order valence-electron chi connectivity index (χ1n) is 6.44. The molecule has 0 aromatic carbocycles. The first kappa shape index (κ1) is 15.1. The summed E-state index contributed by atoms with van der Waals surface area (Å²) in [5.74, 6) is 0.345. The largest absolute Gasteiger partial charge is 0.404 e. The number of hydrogen-bond donors (Lipinski definition) is 1. The van der Waals surface area contributed by atoms with Gasteiger partial charge in [-0.3, -0.25) is 4.90 Å². The van der Waals surface area contributed by atoms with Crippen molar-refractivity contribution in [3.05, 3.63) is 0 Å². The standard InChI is InChI=1S/C11H19F3N2O2S/c1-16-6-9(4-5-10(16)11(12,13)14)15-19(17,18)7-8-2-3-8/h8-10,15H,2-7H2,1H3/t9-,10-/m0/s1. The van der Waals surface area contributed by atoms with E-state index in [0.29, 0.717) is 0 Å². The van der Waals surface area contributed by atoms with Gasteiger partial charge in [-0.15, -0.1) is 0 Å². The van der Waals surface area contributed by atoms with Crippen molar-refractivity contribution in [2.24, 2.45) is 5.92 Å². The minimum Gasteiger partial charge on any atom is -0.294 e. The van der Waals surface area contributed by atoms with Crippen molar-refractivity contribution in [3.63, 3.8) is 0 Å². The average Bonchev–Trinajstić information content (AvgIpc) is 2.97. The van der Waals surface area contributed by atoms with Crippen LogP contribution in [0.4, 0.5) is 13.2 Å². The fraction of sp³-hybridized carbons (Fsp3) is 1.00. The molecule has 8 heteroatoms. The minimum absolute atomic E-state index is 0.0589. The van der Waals surface area contributed by atoms with Crippen LogP contribution in [0.2, 0.25) is 0 Å². The smallest absolute Gasteiger partial charge is 0.294 e. The second-order valence-electron chi connectivity index (χ2n) is 5.61. The highest BCUT2D eigenvalue weighted by Crippen LogP contribution is 2.32. The van der Waals surface area contributed by atoms with Gasteiger partial charge in [0.25, 0.3) is 0 Å². The molecule has 1 saturated heterocycles. The summed E-state index contributed by atoms with van der Waals surface area (Å²) < 4.78 is 64.1. The molecule has 1 heterocycles. The van der Waals surface area contributed by atoms with Gasteiger partial charge in [0.1, 0.15) is 6.04 Å². The Bertz CT molecular complexity index is 420. The number of nitrogens with zero attached hydrogens (tertiary/aromatic N) is 1. The van der Waals surface area contributed by atoms with E-state index in [4.69, 9.17) is 0 Å². The fourth-order valence-electron chi connectivity index (χ4n) is 2.55. The predicted molar refractivity (Wildman–Crippen MR) is 65.1 cm³/mol. The van der Waals surface area contributed by atoms with Gasteiger partial charge in [-0.05, 0) is 38.6 Å². The summed E-state index contributed by atoms with van der Waals surface area (Å²) in [6.45, 7) is 0.105. The molecule has 0 radical (unpaired) electrons. The van der Waals surface area contributed by atoms with Gasteiger partial charge in [0.05, 0.1) is 5.75 Å². The van der Waals surface area contributed by atoms with E-state index < -0.39 is 28.3 Å². The lowest BCUT2D eigenvalue weighted by Crippen LogP contribution is -2.55. The molecule has 0 unspecified atom stereocenters. The number of nitrogens with one attached hydrogen (secondary N) is 1. The highest BCUT2D eigenvalue weighted by molar-refractivity contribution is 7.89. The molecule has 0 aromatic rings. The van der Waals surface area contributed by atoms with Crippen molar-refractivity contribution in [2.45, 2.75) is 43.9 Å². The van der Waals surface area contributed by atoms with E-state index in [0.717, 1.165) is 12.8 Å². The highest BCUT2D eigenvalue weighted by atomic mass is 32.2. The number of likely N-dealkylation sites (N-methyl/N-ethyl adjacent to an activating group) is 1. The SMILES string of the molecule is CN1C[C@@H](NS(=O)(=O)CC2CC2)CC[C@H]1C(F)(F)F. The molecule has 1 aliphatic heterocycles. The minimum atomic E-state index is -4.24. The maximum atomic E-state index is 12.7. The van der Waals surface area contributed by atoms with Crippen molar-refractivity contribution in [3.8, 4) is 0 Å². The number of likely N-dealkylation sites (tertiary alicyclic amines) is 1. The van der Waals surface area contributed by atoms with E-state index in [9.17, 15) is 21.6 Å². The van der Waals surface area contributed by atoms with E-state index in [1.54, 1.807) is 0 Å². The number of piperidine rings is 1. The number of alkyl halides is 3. The van der Waals surface area contributed by atoms with Crippen LogP contribution in [0.5, 0.6) is 0 Å². The summed E-state index contributed by atoms with van der Waals surface area (Å²) in [6, 6.07) is -1.87. The Morgan fingerprint density at radius 3 is 2.32 bits per heavy atom. The van der Waals surface area contributed by atoms with Crippen LogP contribution in [-0.2, 0) is 10.0 Å². The van der Waals surface area contributed by atoms with E-state index in [1.165, 1.54) is 11.9 Å². The van der Waals surface area contributed by atoms with Gasteiger partial charge in [0, 0.05) is 12.6 Å². The maximum Gasteiger partial charge on any atom is 0.404 e. The van der Waals surface area contributed by atoms with Crippen LogP contribution in [-0.4, -0.2) is 50.9 Å². The van der Waals surface area contributed by atoms with Gasteiger partial charge in [-0.1, -0.05) is 0 Å². The van der Waals surface area contributed by atoms with Crippen LogP contribution in [0.1, 0.15) is 25.7 Å². The Morgan fingerprint density at radius 1 is 1.21 bits per heavy atom. The molecule has 0 bridgehead atoms. The lowest BCUT2D eigenvalue weighted by Gasteiger charge is -2.38. The molecule has 2 fully saturated rings. The third-order valence-corrected chi connectivity index (χ3v) is 5.31. The van der Waals surface area contributed by atoms with Crippen LogP contribution in [0.3, 0.4) is 0 Å². The predicted octanol–water partition coefficient (Wildman–Crippen LogP) is 1.34. The summed E-state index contributed by atoms with van der Waals surface area (Å²) in [5.41, 5.74) is 0. The monoisotopic (exact) mass is 300 g/mol. The van der Waals surface area contributed by atoms with Crippen molar-refractivity contribution in [1.29, 1.82) is 0 Å². The molecule has 1 aliphatic carbocycles. The zero-order chi connectivity index (χ0) is 14.3. The summed E-state index contributed by atoms with van der Waals surface area (Å²) in [5, 5.41) is 0. The molecule has 2 aliphatic rings. The fourth-order valence-corrected chi connectivity index (χ4v) is 4.30. The Kier molecular flexibility index (Phi) is 4.13. The van der Waals surface area contributed by atoms with Crippen LogP contribution >= 0.6 is 0 Å². The van der Waals surface area contributed by atoms with Crippen molar-refractivity contribution >= 4 is 10.0 Å². The van der Waals surface area contributed by atoms with Crippen LogP contribution in [0.25, 0.3) is 0 Å². The second kappa shape index (κ2) is 5.21. The van der Waals surface area contributed by atoms with Gasteiger partial charge in [-0.2, -0.15) is 13.2 Å². The normalized spacial score (nSPS) is 30.5. The highest BCUT2D eigenvalue weighted by Gasteiger charge is 2.45. The molecule has 1 saturated carbocycles. The third kappa shape index (κ3) is 4.32. The Balaban J connectivity index is 1.87. The van der Waals surface area contributed by atoms with Gasteiger partial charge < -0.3 is 0 Å². The van der Waals surface area contributed by atoms with E-state index in [2.05, 4.69) is 4.72 Å². The molecule has 19 heavy (non-hydrogen) atoms. The van der Waals surface area contributed by atoms with E-state index in [1.807, 2.05) is 0 Å². The molecule has 2 rings (SSSR count). The van der Waals surface area contributed by atoms with Crippen molar-refractivity contribution < 1.29 is 21.6 Å². The Hall–Kier alpha value is -0.340. The Morgan fingerprint density at radius 2 is 1.84 bits per heavy atom. The van der Waals surface area contributed by atoms with Crippen LogP contribution in [0, 0.1) is 5.92 Å². The lowest BCUT2D eigenvalue weighted by molar-refractivity contribution is -0.188. The topological polar surface area (TPSA) is 49.4 Å². The number of halogens is 3.